The summed E-state index contributed by atoms with van der Waals surface area (Å²) < 4.78 is 18.0. The van der Waals surface area contributed by atoms with Crippen LogP contribution in [0.1, 0.15) is 112 Å². The van der Waals surface area contributed by atoms with E-state index in [2.05, 4.69) is 11.9 Å². The van der Waals surface area contributed by atoms with Crippen LogP contribution in [0, 0.1) is 0 Å². The van der Waals surface area contributed by atoms with Crippen LogP contribution >= 0.6 is 0 Å². The number of ether oxygens (including phenoxy) is 3. The number of cyclic esters (lactones) is 1. The Balaban J connectivity index is 1.24. The number of anilines is 1. The monoisotopic (exact) mass is 681 g/mol. The van der Waals surface area contributed by atoms with Crippen LogP contribution in [0.3, 0.4) is 0 Å². The van der Waals surface area contributed by atoms with Crippen molar-refractivity contribution >= 4 is 34.6 Å². The zero-order valence-corrected chi connectivity index (χ0v) is 29.1. The summed E-state index contributed by atoms with van der Waals surface area (Å²) in [6.45, 7) is 2.62. The van der Waals surface area contributed by atoms with Crippen LogP contribution in [-0.4, -0.2) is 41.2 Å². The summed E-state index contributed by atoms with van der Waals surface area (Å²) in [7, 11) is 1.40. The Kier molecular flexibility index (Phi) is 13.2. The van der Waals surface area contributed by atoms with Crippen molar-refractivity contribution in [3.63, 3.8) is 0 Å². The van der Waals surface area contributed by atoms with E-state index in [-0.39, 0.29) is 41.5 Å². The number of carbonyl (C=O) groups excluding carboxylic acids is 3. The summed E-state index contributed by atoms with van der Waals surface area (Å²) in [4.78, 5) is 59.5. The largest absolute Gasteiger partial charge is 0.495 e. The minimum atomic E-state index is -1.50. The number of para-hydroxylation sites is 1. The summed E-state index contributed by atoms with van der Waals surface area (Å²) in [5.74, 6) is -1.15. The fraction of sp³-hybridized carbons (Fsp3) is 0.425. The number of unbranched alkanes of at least 4 members (excludes halogenated alkanes) is 11. The Hall–Kier alpha value is -4.99. The zero-order valence-electron chi connectivity index (χ0n) is 29.1. The highest BCUT2D eigenvalue weighted by Gasteiger charge is 2.46. The minimum Gasteiger partial charge on any atom is -0.495 e. The number of benzene rings is 3. The molecule has 1 unspecified atom stereocenters. The van der Waals surface area contributed by atoms with Gasteiger partial charge in [-0.1, -0.05) is 120 Å². The molecule has 1 saturated heterocycles. The summed E-state index contributed by atoms with van der Waals surface area (Å²) in [6, 6.07) is 20.5. The van der Waals surface area contributed by atoms with Gasteiger partial charge < -0.3 is 14.2 Å². The van der Waals surface area contributed by atoms with E-state index in [4.69, 9.17) is 14.2 Å². The molecule has 264 valence electrons. The van der Waals surface area contributed by atoms with Gasteiger partial charge in [-0.3, -0.25) is 14.2 Å². The van der Waals surface area contributed by atoms with Gasteiger partial charge in [0, 0.05) is 0 Å². The SMILES string of the molecule is CCCCCCCCCCCCCCOC(=O)c1ccc(OC)c(N2C(=O)OC(c3nc4ccccc4c(=O)n3Cc3ccccc3)C2=O)c1. The Labute approximate surface area is 293 Å². The topological polar surface area (TPSA) is 117 Å². The fourth-order valence-corrected chi connectivity index (χ4v) is 6.28. The van der Waals surface area contributed by atoms with Crippen LogP contribution in [0.5, 0.6) is 5.75 Å². The van der Waals surface area contributed by atoms with Gasteiger partial charge in [0.05, 0.1) is 42.4 Å². The number of amides is 2. The molecular weight excluding hydrogens is 634 g/mol. The quantitative estimate of drug-likeness (QED) is 0.0714. The van der Waals surface area contributed by atoms with Crippen LogP contribution in [-0.2, 0) is 20.8 Å². The van der Waals surface area contributed by atoms with Gasteiger partial charge in [0.15, 0.2) is 5.82 Å². The molecule has 0 saturated carbocycles. The maximum Gasteiger partial charge on any atom is 0.422 e. The predicted octanol–water partition coefficient (Wildman–Crippen LogP) is 8.54. The molecular formula is C40H47N3O7. The van der Waals surface area contributed by atoms with E-state index in [1.165, 1.54) is 87.7 Å². The second-order valence-electron chi connectivity index (χ2n) is 12.7. The molecule has 5 rings (SSSR count). The standard InChI is InChI=1S/C40H47N3O7/c1-3-4-5-6-7-8-9-10-11-12-13-19-26-49-39(46)30-24-25-34(48-2)33(27-30)43-38(45)35(50-40(43)47)36-41-32-23-18-17-22-31(32)37(44)42(36)28-29-20-15-14-16-21-29/h14-18,20-25,27,35H,3-13,19,26,28H2,1-2H3. The highest BCUT2D eigenvalue weighted by Crippen LogP contribution is 2.37. The number of esters is 1. The summed E-state index contributed by atoms with van der Waals surface area (Å²) in [6.07, 6.45) is 12.0. The van der Waals surface area contributed by atoms with Gasteiger partial charge in [0.2, 0.25) is 6.10 Å². The van der Waals surface area contributed by atoms with Crippen molar-refractivity contribution < 1.29 is 28.6 Å². The van der Waals surface area contributed by atoms with Crippen LogP contribution < -0.4 is 15.2 Å². The van der Waals surface area contributed by atoms with E-state index in [1.807, 2.05) is 30.3 Å². The van der Waals surface area contributed by atoms with E-state index in [9.17, 15) is 19.2 Å². The number of hydrogen-bond donors (Lipinski definition) is 0. The first-order chi connectivity index (χ1) is 24.4. The van der Waals surface area contributed by atoms with Gasteiger partial charge >= 0.3 is 12.1 Å². The van der Waals surface area contributed by atoms with Crippen molar-refractivity contribution in [2.75, 3.05) is 18.6 Å². The Morgan fingerprint density at radius 2 is 1.44 bits per heavy atom. The number of carbonyl (C=O) groups is 3. The summed E-state index contributed by atoms with van der Waals surface area (Å²) in [5.41, 5.74) is 0.996. The van der Waals surface area contributed by atoms with Crippen LogP contribution in [0.15, 0.2) is 77.6 Å². The van der Waals surface area contributed by atoms with Gasteiger partial charge in [0.25, 0.3) is 11.5 Å². The number of fused-ring (bicyclic) bond motifs is 1. The van der Waals surface area contributed by atoms with E-state index in [0.29, 0.717) is 10.9 Å². The molecule has 0 N–H and O–H groups in total. The number of imide groups is 1. The van der Waals surface area contributed by atoms with Crippen molar-refractivity contribution in [2.45, 2.75) is 96.6 Å². The molecule has 2 heterocycles. The highest BCUT2D eigenvalue weighted by atomic mass is 16.6. The Bertz CT molecular complexity index is 1820. The molecule has 0 bridgehead atoms. The summed E-state index contributed by atoms with van der Waals surface area (Å²) in [5, 5.41) is 0.372. The lowest BCUT2D eigenvalue weighted by Crippen LogP contribution is -2.33. The third-order valence-corrected chi connectivity index (χ3v) is 9.04. The van der Waals surface area contributed by atoms with Crippen molar-refractivity contribution in [2.24, 2.45) is 0 Å². The summed E-state index contributed by atoms with van der Waals surface area (Å²) >= 11 is 0. The second-order valence-corrected chi connectivity index (χ2v) is 12.7. The second kappa shape index (κ2) is 18.1. The lowest BCUT2D eigenvalue weighted by molar-refractivity contribution is -0.122. The molecule has 4 aromatic rings. The van der Waals surface area contributed by atoms with Crippen LogP contribution in [0.25, 0.3) is 10.9 Å². The van der Waals surface area contributed by atoms with E-state index in [0.717, 1.165) is 29.7 Å². The van der Waals surface area contributed by atoms with Gasteiger partial charge in [0.1, 0.15) is 5.75 Å². The number of nitrogens with zero attached hydrogens (tertiary/aromatic N) is 3. The normalized spacial score (nSPS) is 14.3. The van der Waals surface area contributed by atoms with Crippen molar-refractivity contribution in [1.82, 2.24) is 9.55 Å². The first-order valence-corrected chi connectivity index (χ1v) is 17.9. The lowest BCUT2D eigenvalue weighted by atomic mass is 10.1. The maximum absolute atomic E-state index is 14.0. The first-order valence-electron chi connectivity index (χ1n) is 17.9. The van der Waals surface area contributed by atoms with E-state index < -0.39 is 24.1 Å². The van der Waals surface area contributed by atoms with E-state index in [1.54, 1.807) is 24.3 Å². The molecule has 1 aliphatic rings. The number of aromatic nitrogens is 2. The number of methoxy groups -OCH3 is 1. The molecule has 3 aromatic carbocycles. The Morgan fingerprint density at radius 1 is 0.800 bits per heavy atom. The van der Waals surface area contributed by atoms with Gasteiger partial charge in [-0.25, -0.2) is 19.5 Å². The van der Waals surface area contributed by atoms with Crippen molar-refractivity contribution in [3.8, 4) is 5.75 Å². The van der Waals surface area contributed by atoms with Crippen LogP contribution in [0.2, 0.25) is 0 Å². The fourth-order valence-electron chi connectivity index (χ4n) is 6.28. The average molecular weight is 682 g/mol. The van der Waals surface area contributed by atoms with Gasteiger partial charge in [-0.05, 0) is 42.3 Å². The minimum absolute atomic E-state index is 0.00431. The van der Waals surface area contributed by atoms with Crippen molar-refractivity contribution in [1.29, 1.82) is 0 Å². The molecule has 1 aromatic heterocycles. The molecule has 0 spiro atoms. The molecule has 10 nitrogen and oxygen atoms in total. The van der Waals surface area contributed by atoms with Gasteiger partial charge in [-0.2, -0.15) is 0 Å². The average Bonchev–Trinajstić information content (AvgIpc) is 3.43. The predicted molar refractivity (Wildman–Crippen MR) is 193 cm³/mol. The molecule has 50 heavy (non-hydrogen) atoms. The third kappa shape index (κ3) is 8.97. The Morgan fingerprint density at radius 3 is 2.12 bits per heavy atom. The van der Waals surface area contributed by atoms with E-state index >= 15 is 0 Å². The molecule has 0 aliphatic carbocycles. The third-order valence-electron chi connectivity index (χ3n) is 9.04. The molecule has 1 aliphatic heterocycles. The van der Waals surface area contributed by atoms with Crippen LogP contribution in [0.4, 0.5) is 10.5 Å². The van der Waals surface area contributed by atoms with Crippen molar-refractivity contribution in [3.05, 3.63) is 100 Å². The highest BCUT2D eigenvalue weighted by molar-refractivity contribution is 6.19. The smallest absolute Gasteiger partial charge is 0.422 e. The number of rotatable bonds is 19. The maximum atomic E-state index is 14.0. The molecule has 1 atom stereocenters. The first kappa shape index (κ1) is 36.3. The van der Waals surface area contributed by atoms with Gasteiger partial charge in [-0.15, -0.1) is 0 Å². The molecule has 2 amide bonds. The molecule has 10 heteroatoms. The molecule has 1 fully saturated rings. The zero-order chi connectivity index (χ0) is 35.3. The number of hydrogen-bond acceptors (Lipinski definition) is 8. The molecule has 0 radical (unpaired) electrons. The lowest BCUT2D eigenvalue weighted by Gasteiger charge is -2.17.